The molecule has 17 heavy (non-hydrogen) atoms. The predicted octanol–water partition coefficient (Wildman–Crippen LogP) is 2.78. The molecule has 0 spiro atoms. The van der Waals surface area contributed by atoms with E-state index in [0.29, 0.717) is 12.0 Å². The summed E-state index contributed by atoms with van der Waals surface area (Å²) < 4.78 is 0. The van der Waals surface area contributed by atoms with Crippen LogP contribution in [0.5, 0.6) is 0 Å². The Morgan fingerprint density at radius 2 is 2.24 bits per heavy atom. The van der Waals surface area contributed by atoms with E-state index in [1.807, 2.05) is 11.3 Å². The van der Waals surface area contributed by atoms with Crippen molar-refractivity contribution in [3.8, 4) is 0 Å². The number of hydrogen-bond acceptors (Lipinski definition) is 2. The zero-order chi connectivity index (χ0) is 12.6. The SMILES string of the molecule is CC1c2ccsc2CCN1C(N)=NC(C)(C)C. The van der Waals surface area contributed by atoms with Crippen molar-refractivity contribution in [1.29, 1.82) is 0 Å². The molecule has 2 N–H and O–H groups in total. The van der Waals surface area contributed by atoms with E-state index in [-0.39, 0.29) is 5.54 Å². The highest BCUT2D eigenvalue weighted by Crippen LogP contribution is 2.32. The lowest BCUT2D eigenvalue weighted by Gasteiger charge is -2.35. The van der Waals surface area contributed by atoms with E-state index in [0.717, 1.165) is 13.0 Å². The van der Waals surface area contributed by atoms with Crippen LogP contribution in [0.25, 0.3) is 0 Å². The first-order valence-electron chi connectivity index (χ1n) is 6.07. The molecule has 0 radical (unpaired) electrons. The Bertz CT molecular complexity index is 428. The minimum absolute atomic E-state index is 0.112. The van der Waals surface area contributed by atoms with Crippen LogP contribution in [0.4, 0.5) is 0 Å². The van der Waals surface area contributed by atoms with Crippen LogP contribution in [0, 0.1) is 0 Å². The molecule has 1 aromatic rings. The largest absolute Gasteiger partial charge is 0.370 e. The summed E-state index contributed by atoms with van der Waals surface area (Å²) in [7, 11) is 0. The van der Waals surface area contributed by atoms with Crippen molar-refractivity contribution in [3.63, 3.8) is 0 Å². The molecule has 1 unspecified atom stereocenters. The first-order valence-corrected chi connectivity index (χ1v) is 6.94. The molecule has 1 aromatic heterocycles. The molecule has 0 aromatic carbocycles. The fourth-order valence-electron chi connectivity index (χ4n) is 2.23. The summed E-state index contributed by atoms with van der Waals surface area (Å²) in [5.74, 6) is 0.668. The number of nitrogens with zero attached hydrogens (tertiary/aromatic N) is 2. The third-order valence-electron chi connectivity index (χ3n) is 3.02. The van der Waals surface area contributed by atoms with Crippen LogP contribution < -0.4 is 5.73 Å². The number of nitrogens with two attached hydrogens (primary N) is 1. The third kappa shape index (κ3) is 2.63. The van der Waals surface area contributed by atoms with E-state index in [4.69, 9.17) is 5.73 Å². The fourth-order valence-corrected chi connectivity index (χ4v) is 3.19. The highest BCUT2D eigenvalue weighted by atomic mass is 32.1. The van der Waals surface area contributed by atoms with E-state index < -0.39 is 0 Å². The monoisotopic (exact) mass is 251 g/mol. The standard InChI is InChI=1S/C13H21N3S/c1-9-10-6-8-17-11(10)5-7-16(9)12(14)15-13(2,3)4/h6,8-9H,5,7H2,1-4H3,(H2,14,15). The van der Waals surface area contributed by atoms with Gasteiger partial charge in [0.2, 0.25) is 0 Å². The molecule has 0 bridgehead atoms. The Balaban J connectivity index is 2.23. The minimum Gasteiger partial charge on any atom is -0.370 e. The van der Waals surface area contributed by atoms with Gasteiger partial charge >= 0.3 is 0 Å². The first-order chi connectivity index (χ1) is 7.88. The summed E-state index contributed by atoms with van der Waals surface area (Å²) in [6.45, 7) is 9.40. The van der Waals surface area contributed by atoms with Crippen LogP contribution in [-0.2, 0) is 6.42 Å². The van der Waals surface area contributed by atoms with Crippen molar-refractivity contribution < 1.29 is 0 Å². The second-order valence-corrected chi connectivity index (χ2v) is 6.56. The van der Waals surface area contributed by atoms with E-state index >= 15 is 0 Å². The number of guanidine groups is 1. The molecule has 94 valence electrons. The average Bonchev–Trinajstić information content (AvgIpc) is 2.63. The topological polar surface area (TPSA) is 41.6 Å². The predicted molar refractivity (Wildman–Crippen MR) is 74.5 cm³/mol. The Morgan fingerprint density at radius 3 is 2.88 bits per heavy atom. The van der Waals surface area contributed by atoms with Gasteiger partial charge in [-0.3, -0.25) is 0 Å². The molecular weight excluding hydrogens is 230 g/mol. The highest BCUT2D eigenvalue weighted by molar-refractivity contribution is 7.10. The third-order valence-corrected chi connectivity index (χ3v) is 4.02. The average molecular weight is 251 g/mol. The van der Waals surface area contributed by atoms with Crippen LogP contribution >= 0.6 is 11.3 Å². The van der Waals surface area contributed by atoms with Gasteiger partial charge in [-0.1, -0.05) is 0 Å². The van der Waals surface area contributed by atoms with Gasteiger partial charge in [0.25, 0.3) is 0 Å². The van der Waals surface area contributed by atoms with Gasteiger partial charge in [0.15, 0.2) is 5.96 Å². The molecule has 0 fully saturated rings. The maximum Gasteiger partial charge on any atom is 0.192 e. The molecule has 0 amide bonds. The smallest absolute Gasteiger partial charge is 0.192 e. The molecule has 3 nitrogen and oxygen atoms in total. The van der Waals surface area contributed by atoms with Gasteiger partial charge in [-0.2, -0.15) is 0 Å². The highest BCUT2D eigenvalue weighted by Gasteiger charge is 2.26. The van der Waals surface area contributed by atoms with Gasteiger partial charge in [-0.25, -0.2) is 4.99 Å². The Hall–Kier alpha value is -1.03. The second kappa shape index (κ2) is 4.33. The van der Waals surface area contributed by atoms with E-state index in [2.05, 4.69) is 49.0 Å². The number of thiophene rings is 1. The van der Waals surface area contributed by atoms with Crippen molar-refractivity contribution in [2.24, 2.45) is 10.7 Å². The van der Waals surface area contributed by atoms with Crippen LogP contribution in [0.1, 0.15) is 44.2 Å². The van der Waals surface area contributed by atoms with Gasteiger partial charge in [0.1, 0.15) is 0 Å². The molecule has 2 rings (SSSR count). The van der Waals surface area contributed by atoms with Gasteiger partial charge in [0, 0.05) is 11.4 Å². The van der Waals surface area contributed by atoms with Crippen molar-refractivity contribution in [3.05, 3.63) is 21.9 Å². The molecule has 1 aliphatic heterocycles. The van der Waals surface area contributed by atoms with Gasteiger partial charge in [0.05, 0.1) is 11.6 Å². The lowest BCUT2D eigenvalue weighted by Crippen LogP contribution is -2.44. The van der Waals surface area contributed by atoms with Crippen molar-refractivity contribution in [1.82, 2.24) is 4.90 Å². The van der Waals surface area contributed by atoms with Crippen molar-refractivity contribution >= 4 is 17.3 Å². The zero-order valence-electron chi connectivity index (χ0n) is 11.0. The van der Waals surface area contributed by atoms with Gasteiger partial charge in [-0.05, 0) is 51.1 Å². The maximum absolute atomic E-state index is 6.13. The molecule has 2 heterocycles. The molecule has 0 saturated carbocycles. The Kier molecular flexibility index (Phi) is 3.17. The Labute approximate surface area is 107 Å². The molecular formula is C13H21N3S. The van der Waals surface area contributed by atoms with Crippen LogP contribution in [0.15, 0.2) is 16.4 Å². The summed E-state index contributed by atoms with van der Waals surface area (Å²) in [4.78, 5) is 8.27. The van der Waals surface area contributed by atoms with Crippen molar-refractivity contribution in [2.75, 3.05) is 6.54 Å². The lowest BCUT2D eigenvalue weighted by molar-refractivity contribution is 0.314. The Morgan fingerprint density at radius 1 is 1.53 bits per heavy atom. The van der Waals surface area contributed by atoms with Gasteiger partial charge in [-0.15, -0.1) is 11.3 Å². The summed E-state index contributed by atoms with van der Waals surface area (Å²) in [5.41, 5.74) is 7.43. The zero-order valence-corrected chi connectivity index (χ0v) is 11.8. The summed E-state index contributed by atoms with van der Waals surface area (Å²) in [6, 6.07) is 2.55. The summed E-state index contributed by atoms with van der Waals surface area (Å²) in [6.07, 6.45) is 1.08. The first kappa shape index (κ1) is 12.4. The second-order valence-electron chi connectivity index (χ2n) is 5.56. The fraction of sp³-hybridized carbons (Fsp3) is 0.615. The van der Waals surface area contributed by atoms with Crippen molar-refractivity contribution in [2.45, 2.75) is 45.7 Å². The van der Waals surface area contributed by atoms with Crippen LogP contribution in [0.3, 0.4) is 0 Å². The quantitative estimate of drug-likeness (QED) is 0.569. The van der Waals surface area contributed by atoms with Gasteiger partial charge < -0.3 is 10.6 Å². The number of aliphatic imine (C=N–C) groups is 1. The van der Waals surface area contributed by atoms with E-state index in [1.54, 1.807) is 0 Å². The van der Waals surface area contributed by atoms with Crippen LogP contribution in [-0.4, -0.2) is 22.9 Å². The molecule has 0 saturated heterocycles. The maximum atomic E-state index is 6.13. The number of hydrogen-bond donors (Lipinski definition) is 1. The molecule has 1 aliphatic rings. The number of fused-ring (bicyclic) bond motifs is 1. The summed E-state index contributed by atoms with van der Waals surface area (Å²) in [5, 5.41) is 2.17. The normalized spacial score (nSPS) is 21.5. The number of rotatable bonds is 0. The molecule has 4 heteroatoms. The summed E-state index contributed by atoms with van der Waals surface area (Å²) >= 11 is 1.85. The van der Waals surface area contributed by atoms with Crippen LogP contribution in [0.2, 0.25) is 0 Å². The van der Waals surface area contributed by atoms with E-state index in [9.17, 15) is 0 Å². The molecule has 0 aliphatic carbocycles. The lowest BCUT2D eigenvalue weighted by atomic mass is 10.0. The van der Waals surface area contributed by atoms with E-state index in [1.165, 1.54) is 10.4 Å². The minimum atomic E-state index is -0.112. The molecule has 1 atom stereocenters.